The summed E-state index contributed by atoms with van der Waals surface area (Å²) >= 11 is 0. The lowest BCUT2D eigenvalue weighted by Gasteiger charge is -2.18. The zero-order valence-corrected chi connectivity index (χ0v) is 17.1. The van der Waals surface area contributed by atoms with E-state index >= 15 is 0 Å². The van der Waals surface area contributed by atoms with Crippen LogP contribution in [0.2, 0.25) is 0 Å². The Kier molecular flexibility index (Phi) is 5.90. The van der Waals surface area contributed by atoms with E-state index in [9.17, 15) is 8.42 Å². The van der Waals surface area contributed by atoms with Gasteiger partial charge in [0.05, 0.1) is 4.90 Å². The first-order chi connectivity index (χ1) is 13.3. The summed E-state index contributed by atoms with van der Waals surface area (Å²) in [6, 6.07) is 9.78. The molecule has 148 valence electrons. The normalized spacial score (nSPS) is 13.2. The van der Waals surface area contributed by atoms with E-state index in [0.29, 0.717) is 11.7 Å². The Hall–Kier alpha value is -2.58. The van der Waals surface area contributed by atoms with Crippen molar-refractivity contribution in [1.29, 1.82) is 0 Å². The average Bonchev–Trinajstić information content (AvgIpc) is 3.16. The van der Waals surface area contributed by atoms with Crippen LogP contribution in [-0.4, -0.2) is 23.5 Å². The van der Waals surface area contributed by atoms with Crippen LogP contribution in [0, 0.1) is 5.92 Å². The lowest BCUT2D eigenvalue weighted by atomic mass is 10.0. The van der Waals surface area contributed by atoms with Gasteiger partial charge >= 0.3 is 0 Å². The highest BCUT2D eigenvalue weighted by atomic mass is 32.2. The summed E-state index contributed by atoms with van der Waals surface area (Å²) in [5.74, 6) is 0.862. The quantitative estimate of drug-likeness (QED) is 0.645. The van der Waals surface area contributed by atoms with Gasteiger partial charge in [-0.05, 0) is 41.7 Å². The number of hydrogen-bond acceptors (Lipinski definition) is 6. The minimum absolute atomic E-state index is 0.0875. The molecule has 0 aliphatic carbocycles. The van der Waals surface area contributed by atoms with Gasteiger partial charge in [0.2, 0.25) is 21.7 Å². The Morgan fingerprint density at radius 1 is 0.964 bits per heavy atom. The van der Waals surface area contributed by atoms with Gasteiger partial charge < -0.3 is 4.52 Å². The minimum atomic E-state index is -3.74. The Bertz CT molecular complexity index is 1010. The molecule has 0 bridgehead atoms. The molecule has 1 unspecified atom stereocenters. The molecule has 0 aliphatic heterocycles. The van der Waals surface area contributed by atoms with Crippen LogP contribution in [0.15, 0.2) is 58.2 Å². The molecule has 7 nitrogen and oxygen atoms in total. The van der Waals surface area contributed by atoms with E-state index < -0.39 is 16.1 Å². The van der Waals surface area contributed by atoms with Crippen molar-refractivity contribution in [3.8, 4) is 11.4 Å². The van der Waals surface area contributed by atoms with Crippen molar-refractivity contribution in [3.63, 3.8) is 0 Å². The molecule has 0 aliphatic rings. The first-order valence-corrected chi connectivity index (χ1v) is 10.6. The van der Waals surface area contributed by atoms with Gasteiger partial charge in [0.25, 0.3) is 0 Å². The van der Waals surface area contributed by atoms with Crippen LogP contribution in [-0.2, 0) is 10.0 Å². The fraction of sp³-hybridized carbons (Fsp3) is 0.350. The molecule has 1 N–H and O–H groups in total. The van der Waals surface area contributed by atoms with Crippen molar-refractivity contribution in [2.24, 2.45) is 5.92 Å². The van der Waals surface area contributed by atoms with Gasteiger partial charge in [0, 0.05) is 18.0 Å². The molecule has 0 fully saturated rings. The third-order valence-corrected chi connectivity index (χ3v) is 5.91. The van der Waals surface area contributed by atoms with Crippen LogP contribution < -0.4 is 4.72 Å². The van der Waals surface area contributed by atoms with E-state index in [1.54, 1.807) is 36.7 Å². The van der Waals surface area contributed by atoms with Gasteiger partial charge in [-0.3, -0.25) is 4.98 Å². The highest BCUT2D eigenvalue weighted by molar-refractivity contribution is 7.89. The van der Waals surface area contributed by atoms with Crippen molar-refractivity contribution >= 4 is 10.0 Å². The number of sulfonamides is 1. The van der Waals surface area contributed by atoms with Gasteiger partial charge in [-0.2, -0.15) is 9.71 Å². The predicted octanol–water partition coefficient (Wildman–Crippen LogP) is 3.93. The lowest BCUT2D eigenvalue weighted by Crippen LogP contribution is -2.32. The first-order valence-electron chi connectivity index (χ1n) is 9.14. The van der Waals surface area contributed by atoms with Crippen LogP contribution in [0.3, 0.4) is 0 Å². The smallest absolute Gasteiger partial charge is 0.245 e. The molecule has 0 saturated carbocycles. The maximum atomic E-state index is 12.9. The number of hydrogen-bond donors (Lipinski definition) is 1. The van der Waals surface area contributed by atoms with E-state index in [2.05, 4.69) is 33.7 Å². The van der Waals surface area contributed by atoms with Crippen LogP contribution >= 0.6 is 0 Å². The molecule has 0 spiro atoms. The zero-order chi connectivity index (χ0) is 20.3. The molecule has 1 aromatic carbocycles. The molecule has 2 aromatic heterocycles. The summed E-state index contributed by atoms with van der Waals surface area (Å²) in [5.41, 5.74) is 1.83. The summed E-state index contributed by atoms with van der Waals surface area (Å²) in [6.45, 7) is 7.91. The highest BCUT2D eigenvalue weighted by Gasteiger charge is 2.28. The van der Waals surface area contributed by atoms with Crippen LogP contribution in [0.25, 0.3) is 11.4 Å². The van der Waals surface area contributed by atoms with Crippen LogP contribution in [0.5, 0.6) is 0 Å². The van der Waals surface area contributed by atoms with Gasteiger partial charge in [0.15, 0.2) is 0 Å². The molecule has 0 radical (unpaired) electrons. The predicted molar refractivity (Wildman–Crippen MR) is 106 cm³/mol. The van der Waals surface area contributed by atoms with Crippen molar-refractivity contribution in [3.05, 3.63) is 60.2 Å². The van der Waals surface area contributed by atoms with Crippen molar-refractivity contribution in [2.45, 2.75) is 44.6 Å². The summed E-state index contributed by atoms with van der Waals surface area (Å²) in [6.07, 6.45) is 3.27. The summed E-state index contributed by atoms with van der Waals surface area (Å²) in [4.78, 5) is 8.55. The highest BCUT2D eigenvalue weighted by Crippen LogP contribution is 2.26. The molecule has 1 atom stereocenters. The number of nitrogens with zero attached hydrogens (tertiary/aromatic N) is 3. The standard InChI is InChI=1S/C20H24N4O3S/c1-13(2)15-5-7-17(8-6-15)28(25,26)24-18(14(3)4)20-22-19(23-27-20)16-9-11-21-12-10-16/h5-14,18,24H,1-4H3. The van der Waals surface area contributed by atoms with Crippen LogP contribution in [0.4, 0.5) is 0 Å². The minimum Gasteiger partial charge on any atom is -0.337 e. The largest absolute Gasteiger partial charge is 0.337 e. The van der Waals surface area contributed by atoms with Crippen LogP contribution in [0.1, 0.15) is 51.1 Å². The monoisotopic (exact) mass is 400 g/mol. The maximum absolute atomic E-state index is 12.9. The topological polar surface area (TPSA) is 98.0 Å². The second-order valence-corrected chi connectivity index (χ2v) is 8.97. The van der Waals surface area contributed by atoms with E-state index in [0.717, 1.165) is 11.1 Å². The molecule has 3 rings (SSSR count). The maximum Gasteiger partial charge on any atom is 0.245 e. The summed E-state index contributed by atoms with van der Waals surface area (Å²) < 4.78 is 33.8. The third kappa shape index (κ3) is 4.45. The summed E-state index contributed by atoms with van der Waals surface area (Å²) in [5, 5.41) is 3.97. The number of nitrogens with one attached hydrogen (secondary N) is 1. The second-order valence-electron chi connectivity index (χ2n) is 7.26. The molecule has 8 heteroatoms. The Balaban J connectivity index is 1.86. The zero-order valence-electron chi connectivity index (χ0n) is 16.3. The molecule has 28 heavy (non-hydrogen) atoms. The fourth-order valence-corrected chi connectivity index (χ4v) is 4.06. The molecular weight excluding hydrogens is 376 g/mol. The fourth-order valence-electron chi connectivity index (χ4n) is 2.72. The Morgan fingerprint density at radius 3 is 2.18 bits per heavy atom. The van der Waals surface area contributed by atoms with Gasteiger partial charge in [-0.15, -0.1) is 0 Å². The number of pyridine rings is 1. The molecule has 2 heterocycles. The number of aromatic nitrogens is 3. The van der Waals surface area contributed by atoms with Gasteiger partial charge in [-0.1, -0.05) is 45.0 Å². The van der Waals surface area contributed by atoms with Gasteiger partial charge in [-0.25, -0.2) is 8.42 Å². The van der Waals surface area contributed by atoms with Crippen molar-refractivity contribution in [1.82, 2.24) is 19.8 Å². The van der Waals surface area contributed by atoms with Crippen molar-refractivity contribution in [2.75, 3.05) is 0 Å². The number of benzene rings is 1. The van der Waals surface area contributed by atoms with E-state index in [1.165, 1.54) is 0 Å². The SMILES string of the molecule is CC(C)c1ccc(S(=O)(=O)NC(c2nc(-c3ccncc3)no2)C(C)C)cc1. The molecule has 3 aromatic rings. The Morgan fingerprint density at radius 2 is 1.61 bits per heavy atom. The van der Waals surface area contributed by atoms with Crippen molar-refractivity contribution < 1.29 is 12.9 Å². The molecule has 0 saturated heterocycles. The summed E-state index contributed by atoms with van der Waals surface area (Å²) in [7, 11) is -3.74. The third-order valence-electron chi connectivity index (χ3n) is 4.45. The van der Waals surface area contributed by atoms with E-state index in [-0.39, 0.29) is 16.7 Å². The number of rotatable bonds is 7. The first kappa shape index (κ1) is 20.2. The molecule has 0 amide bonds. The van der Waals surface area contributed by atoms with E-state index in [4.69, 9.17) is 4.52 Å². The molecular formula is C20H24N4O3S. The van der Waals surface area contributed by atoms with E-state index in [1.807, 2.05) is 26.0 Å². The second kappa shape index (κ2) is 8.20. The average molecular weight is 401 g/mol. The van der Waals surface area contributed by atoms with Gasteiger partial charge in [0.1, 0.15) is 6.04 Å². The Labute approximate surface area is 165 Å². The lowest BCUT2D eigenvalue weighted by molar-refractivity contribution is 0.311.